The highest BCUT2D eigenvalue weighted by atomic mass is 16.4. The van der Waals surface area contributed by atoms with Crippen molar-refractivity contribution in [3.05, 3.63) is 29.8 Å². The first-order valence-corrected chi connectivity index (χ1v) is 6.15. The number of aromatic carboxylic acids is 1. The van der Waals surface area contributed by atoms with E-state index in [0.717, 1.165) is 0 Å². The Morgan fingerprint density at radius 2 is 1.75 bits per heavy atom. The van der Waals surface area contributed by atoms with Crippen LogP contribution < -0.4 is 16.4 Å². The molecule has 0 bridgehead atoms. The molecule has 0 saturated heterocycles. The molecule has 5 N–H and O–H groups in total. The van der Waals surface area contributed by atoms with E-state index in [9.17, 15) is 14.4 Å². The van der Waals surface area contributed by atoms with Gasteiger partial charge in [0.25, 0.3) is 0 Å². The van der Waals surface area contributed by atoms with Gasteiger partial charge in [0.2, 0.25) is 5.91 Å². The Labute approximate surface area is 116 Å². The Morgan fingerprint density at radius 3 is 2.30 bits per heavy atom. The van der Waals surface area contributed by atoms with Gasteiger partial charge in [-0.2, -0.15) is 0 Å². The number of carbonyl (C=O) groups is 3. The fourth-order valence-electron chi connectivity index (χ4n) is 1.50. The Morgan fingerprint density at radius 1 is 1.10 bits per heavy atom. The zero-order chi connectivity index (χ0) is 15.0. The number of hydrogen-bond donors (Lipinski definition) is 4. The van der Waals surface area contributed by atoms with Crippen LogP contribution >= 0.6 is 0 Å². The fraction of sp³-hybridized carbons (Fsp3) is 0.308. The van der Waals surface area contributed by atoms with Gasteiger partial charge in [-0.05, 0) is 37.1 Å². The molecule has 0 aliphatic rings. The summed E-state index contributed by atoms with van der Waals surface area (Å²) in [5.74, 6) is -1.37. The third-order valence-corrected chi connectivity index (χ3v) is 2.53. The van der Waals surface area contributed by atoms with E-state index in [1.165, 1.54) is 24.3 Å². The second-order valence-corrected chi connectivity index (χ2v) is 4.19. The second-order valence-electron chi connectivity index (χ2n) is 4.19. The minimum Gasteiger partial charge on any atom is -0.478 e. The monoisotopic (exact) mass is 279 g/mol. The molecule has 0 radical (unpaired) electrons. The van der Waals surface area contributed by atoms with Crippen LogP contribution in [0, 0.1) is 0 Å². The number of urea groups is 1. The molecule has 20 heavy (non-hydrogen) atoms. The molecule has 0 unspecified atom stereocenters. The summed E-state index contributed by atoms with van der Waals surface area (Å²) in [6.45, 7) is 0.437. The van der Waals surface area contributed by atoms with Gasteiger partial charge >= 0.3 is 12.0 Å². The number of primary amides is 1. The second kappa shape index (κ2) is 7.78. The lowest BCUT2D eigenvalue weighted by Crippen LogP contribution is -2.29. The molecule has 1 rings (SSSR count). The summed E-state index contributed by atoms with van der Waals surface area (Å²) in [5, 5.41) is 13.9. The summed E-state index contributed by atoms with van der Waals surface area (Å²) in [6, 6.07) is 5.45. The van der Waals surface area contributed by atoms with Crippen LogP contribution in [0.2, 0.25) is 0 Å². The molecule has 7 nitrogen and oxygen atoms in total. The Hall–Kier alpha value is -2.57. The molecule has 1 aromatic rings. The van der Waals surface area contributed by atoms with Gasteiger partial charge in [0.15, 0.2) is 0 Å². The van der Waals surface area contributed by atoms with Crippen molar-refractivity contribution < 1.29 is 19.5 Å². The number of carbonyl (C=O) groups excluding carboxylic acids is 2. The molecule has 108 valence electrons. The lowest BCUT2D eigenvalue weighted by atomic mass is 10.2. The van der Waals surface area contributed by atoms with Gasteiger partial charge < -0.3 is 21.5 Å². The maximum atomic E-state index is 11.5. The zero-order valence-electron chi connectivity index (χ0n) is 10.9. The first-order valence-electron chi connectivity index (χ1n) is 6.15. The number of carboxylic acids is 1. The Bertz CT molecular complexity index is 485. The number of amides is 3. The third-order valence-electron chi connectivity index (χ3n) is 2.53. The van der Waals surface area contributed by atoms with Crippen LogP contribution in [0.4, 0.5) is 10.5 Å². The number of nitrogens with two attached hydrogens (primary N) is 1. The molecule has 0 atom stereocenters. The lowest BCUT2D eigenvalue weighted by Gasteiger charge is -2.07. The first kappa shape index (κ1) is 15.5. The van der Waals surface area contributed by atoms with E-state index in [4.69, 9.17) is 10.8 Å². The van der Waals surface area contributed by atoms with Crippen LogP contribution in [0.15, 0.2) is 24.3 Å². The Balaban J connectivity index is 2.28. The highest BCUT2D eigenvalue weighted by Gasteiger charge is 2.04. The van der Waals surface area contributed by atoms with Crippen LogP contribution in [0.1, 0.15) is 29.6 Å². The van der Waals surface area contributed by atoms with E-state index >= 15 is 0 Å². The highest BCUT2D eigenvalue weighted by molar-refractivity contribution is 5.91. The first-order chi connectivity index (χ1) is 9.49. The fourth-order valence-corrected chi connectivity index (χ4v) is 1.50. The largest absolute Gasteiger partial charge is 0.478 e. The van der Waals surface area contributed by atoms with Gasteiger partial charge in [-0.1, -0.05) is 0 Å². The SMILES string of the molecule is NC(=O)CCCCNC(=O)Nc1ccc(C(=O)O)cc1. The lowest BCUT2D eigenvalue weighted by molar-refractivity contribution is -0.118. The summed E-state index contributed by atoms with van der Waals surface area (Å²) in [5.41, 5.74) is 5.65. The summed E-state index contributed by atoms with van der Waals surface area (Å²) in [4.78, 5) is 32.6. The summed E-state index contributed by atoms with van der Waals surface area (Å²) in [6.07, 6.45) is 1.59. The van der Waals surface area contributed by atoms with Crippen LogP contribution in [0.5, 0.6) is 0 Å². The number of anilines is 1. The molecule has 0 spiro atoms. The average molecular weight is 279 g/mol. The quantitative estimate of drug-likeness (QED) is 0.559. The molecule has 7 heteroatoms. The van der Waals surface area contributed by atoms with Crippen LogP contribution in [-0.4, -0.2) is 29.6 Å². The van der Waals surface area contributed by atoms with Crippen molar-refractivity contribution in [3.63, 3.8) is 0 Å². The normalized spacial score (nSPS) is 9.80. The van der Waals surface area contributed by atoms with E-state index in [0.29, 0.717) is 31.5 Å². The highest BCUT2D eigenvalue weighted by Crippen LogP contribution is 2.09. The maximum absolute atomic E-state index is 11.5. The van der Waals surface area contributed by atoms with Crippen LogP contribution in [0.3, 0.4) is 0 Å². The van der Waals surface area contributed by atoms with Crippen molar-refractivity contribution in [1.29, 1.82) is 0 Å². The minimum atomic E-state index is -1.02. The molecule has 0 aliphatic heterocycles. The number of nitrogens with one attached hydrogen (secondary N) is 2. The van der Waals surface area contributed by atoms with E-state index < -0.39 is 5.97 Å². The average Bonchev–Trinajstić information content (AvgIpc) is 2.38. The van der Waals surface area contributed by atoms with Crippen LogP contribution in [-0.2, 0) is 4.79 Å². The summed E-state index contributed by atoms with van der Waals surface area (Å²) in [7, 11) is 0. The standard InChI is InChI=1S/C13H17N3O4/c14-11(17)3-1-2-8-15-13(20)16-10-6-4-9(5-7-10)12(18)19/h4-7H,1-3,8H2,(H2,14,17)(H,18,19)(H2,15,16,20). The molecule has 0 saturated carbocycles. The number of unbranched alkanes of at least 4 members (excludes halogenated alkanes) is 1. The predicted molar refractivity (Wildman–Crippen MR) is 73.5 cm³/mol. The minimum absolute atomic E-state index is 0.155. The molecule has 0 heterocycles. The van der Waals surface area contributed by atoms with Gasteiger partial charge in [0, 0.05) is 18.7 Å². The number of carboxylic acid groups (broad SMARTS) is 1. The van der Waals surface area contributed by atoms with Crippen LogP contribution in [0.25, 0.3) is 0 Å². The topological polar surface area (TPSA) is 122 Å². The molecular formula is C13H17N3O4. The molecule has 1 aromatic carbocycles. The third kappa shape index (κ3) is 5.85. The summed E-state index contributed by atoms with van der Waals surface area (Å²) >= 11 is 0. The molecule has 0 fully saturated rings. The van der Waals surface area contributed by atoms with Gasteiger partial charge in [0.1, 0.15) is 0 Å². The van der Waals surface area contributed by atoms with Gasteiger partial charge in [-0.25, -0.2) is 9.59 Å². The predicted octanol–water partition coefficient (Wildman–Crippen LogP) is 1.16. The number of rotatable bonds is 7. The van der Waals surface area contributed by atoms with Crippen molar-refractivity contribution >= 4 is 23.6 Å². The van der Waals surface area contributed by atoms with Crippen molar-refractivity contribution in [2.45, 2.75) is 19.3 Å². The molecule has 3 amide bonds. The molecule has 0 aliphatic carbocycles. The van der Waals surface area contributed by atoms with E-state index in [1.807, 2.05) is 0 Å². The smallest absolute Gasteiger partial charge is 0.335 e. The van der Waals surface area contributed by atoms with Gasteiger partial charge in [-0.15, -0.1) is 0 Å². The van der Waals surface area contributed by atoms with Crippen molar-refractivity contribution in [2.75, 3.05) is 11.9 Å². The van der Waals surface area contributed by atoms with E-state index in [2.05, 4.69) is 10.6 Å². The van der Waals surface area contributed by atoms with Gasteiger partial charge in [0.05, 0.1) is 5.56 Å². The molecular weight excluding hydrogens is 262 g/mol. The zero-order valence-corrected chi connectivity index (χ0v) is 10.9. The Kier molecular flexibility index (Phi) is 6.02. The van der Waals surface area contributed by atoms with Crippen molar-refractivity contribution in [1.82, 2.24) is 5.32 Å². The number of benzene rings is 1. The molecule has 0 aromatic heterocycles. The van der Waals surface area contributed by atoms with Gasteiger partial charge in [-0.3, -0.25) is 4.79 Å². The maximum Gasteiger partial charge on any atom is 0.335 e. The van der Waals surface area contributed by atoms with Crippen molar-refractivity contribution in [2.24, 2.45) is 5.73 Å². The summed E-state index contributed by atoms with van der Waals surface area (Å²) < 4.78 is 0. The van der Waals surface area contributed by atoms with E-state index in [-0.39, 0.29) is 17.5 Å². The van der Waals surface area contributed by atoms with E-state index in [1.54, 1.807) is 0 Å². The number of hydrogen-bond acceptors (Lipinski definition) is 3. The van der Waals surface area contributed by atoms with Crippen molar-refractivity contribution in [3.8, 4) is 0 Å².